The molecule has 0 bridgehead atoms. The minimum Gasteiger partial charge on any atom is -0.453 e. The molecule has 0 atom stereocenters. The van der Waals surface area contributed by atoms with Crippen LogP contribution in [0.1, 0.15) is 5.56 Å². The number of carbonyl (C=O) groups excluding carboxylic acids is 1. The van der Waals surface area contributed by atoms with Crippen molar-refractivity contribution in [2.45, 2.75) is 11.4 Å². The van der Waals surface area contributed by atoms with Gasteiger partial charge in [0.05, 0.1) is 12.0 Å². The highest BCUT2D eigenvalue weighted by molar-refractivity contribution is 7.90. The number of anilines is 1. The lowest BCUT2D eigenvalue weighted by molar-refractivity contribution is 0.187. The van der Waals surface area contributed by atoms with Crippen molar-refractivity contribution in [3.63, 3.8) is 0 Å². The first-order chi connectivity index (χ1) is 7.88. The van der Waals surface area contributed by atoms with Crippen LogP contribution in [-0.4, -0.2) is 27.9 Å². The summed E-state index contributed by atoms with van der Waals surface area (Å²) in [5.74, 6) is 0. The Kier molecular flexibility index (Phi) is 4.08. The molecule has 0 saturated heterocycles. The summed E-state index contributed by atoms with van der Waals surface area (Å²) in [7, 11) is -2.08. The van der Waals surface area contributed by atoms with Crippen LogP contribution >= 0.6 is 0 Å². The molecule has 1 rings (SSSR count). The van der Waals surface area contributed by atoms with Gasteiger partial charge in [0.2, 0.25) is 0 Å². The number of benzene rings is 1. The predicted molar refractivity (Wildman–Crippen MR) is 63.5 cm³/mol. The lowest BCUT2D eigenvalue weighted by Crippen LogP contribution is -2.13. The second kappa shape index (κ2) is 5.15. The second-order valence-corrected chi connectivity index (χ2v) is 5.40. The molecule has 0 spiro atoms. The molecule has 0 radical (unpaired) electrons. The Morgan fingerprint density at radius 3 is 2.59 bits per heavy atom. The summed E-state index contributed by atoms with van der Waals surface area (Å²) >= 11 is 0. The molecular weight excluding hydrogens is 244 g/mol. The van der Waals surface area contributed by atoms with Crippen molar-refractivity contribution in [3.05, 3.63) is 23.8 Å². The third-order valence-corrected chi connectivity index (χ3v) is 3.31. The summed E-state index contributed by atoms with van der Waals surface area (Å²) in [4.78, 5) is 11.1. The number of rotatable bonds is 3. The molecule has 1 amide bonds. The second-order valence-electron chi connectivity index (χ2n) is 3.42. The highest BCUT2D eigenvalue weighted by Gasteiger charge is 2.13. The van der Waals surface area contributed by atoms with E-state index in [-0.39, 0.29) is 11.4 Å². The molecule has 7 heteroatoms. The molecule has 0 fully saturated rings. The van der Waals surface area contributed by atoms with Crippen molar-refractivity contribution < 1.29 is 17.9 Å². The summed E-state index contributed by atoms with van der Waals surface area (Å²) in [5, 5.41) is 2.43. The smallest absolute Gasteiger partial charge is 0.411 e. The Morgan fingerprint density at radius 2 is 2.12 bits per heavy atom. The van der Waals surface area contributed by atoms with Gasteiger partial charge < -0.3 is 10.5 Å². The number of nitrogens with one attached hydrogen (secondary N) is 1. The average Bonchev–Trinajstić information content (AvgIpc) is 2.27. The Bertz CT molecular complexity index is 525. The van der Waals surface area contributed by atoms with Crippen molar-refractivity contribution in [3.8, 4) is 0 Å². The Morgan fingerprint density at radius 1 is 1.47 bits per heavy atom. The van der Waals surface area contributed by atoms with E-state index in [4.69, 9.17) is 5.73 Å². The maximum absolute atomic E-state index is 11.4. The van der Waals surface area contributed by atoms with E-state index in [0.29, 0.717) is 11.3 Å². The maximum Gasteiger partial charge on any atom is 0.411 e. The van der Waals surface area contributed by atoms with E-state index in [1.165, 1.54) is 25.3 Å². The Labute approximate surface area is 99.7 Å². The van der Waals surface area contributed by atoms with Crippen LogP contribution in [-0.2, 0) is 21.1 Å². The fourth-order valence-corrected chi connectivity index (χ4v) is 2.28. The SMILES string of the molecule is COC(=O)Nc1ccc(S(C)(=O)=O)c(CN)c1. The molecule has 0 aliphatic carbocycles. The molecule has 6 nitrogen and oxygen atoms in total. The Balaban J connectivity index is 3.14. The van der Waals surface area contributed by atoms with E-state index in [2.05, 4.69) is 10.1 Å². The molecular formula is C10H14N2O4S. The maximum atomic E-state index is 11.4. The third-order valence-electron chi connectivity index (χ3n) is 2.11. The van der Waals surface area contributed by atoms with Gasteiger partial charge >= 0.3 is 6.09 Å². The van der Waals surface area contributed by atoms with Crippen LogP contribution in [0.4, 0.5) is 10.5 Å². The van der Waals surface area contributed by atoms with Gasteiger partial charge in [-0.2, -0.15) is 0 Å². The van der Waals surface area contributed by atoms with Gasteiger partial charge in [0.25, 0.3) is 0 Å². The molecule has 0 heterocycles. The van der Waals surface area contributed by atoms with Crippen LogP contribution in [0.2, 0.25) is 0 Å². The first-order valence-electron chi connectivity index (χ1n) is 4.76. The van der Waals surface area contributed by atoms with Crippen LogP contribution in [0.15, 0.2) is 23.1 Å². The molecule has 0 unspecified atom stereocenters. The van der Waals surface area contributed by atoms with Crippen molar-refractivity contribution in [1.82, 2.24) is 0 Å². The number of sulfone groups is 1. The predicted octanol–water partition coefficient (Wildman–Crippen LogP) is 0.727. The van der Waals surface area contributed by atoms with Crippen LogP contribution in [0.3, 0.4) is 0 Å². The quantitative estimate of drug-likeness (QED) is 0.832. The molecule has 17 heavy (non-hydrogen) atoms. The van der Waals surface area contributed by atoms with Gasteiger partial charge in [-0.1, -0.05) is 0 Å². The molecule has 3 N–H and O–H groups in total. The van der Waals surface area contributed by atoms with E-state index >= 15 is 0 Å². The van der Waals surface area contributed by atoms with E-state index < -0.39 is 15.9 Å². The number of ether oxygens (including phenoxy) is 1. The summed E-state index contributed by atoms with van der Waals surface area (Å²) < 4.78 is 27.3. The fourth-order valence-electron chi connectivity index (χ4n) is 1.35. The zero-order valence-electron chi connectivity index (χ0n) is 9.56. The van der Waals surface area contributed by atoms with E-state index in [1.807, 2.05) is 0 Å². The van der Waals surface area contributed by atoms with Gasteiger partial charge in [0, 0.05) is 18.5 Å². The Hall–Kier alpha value is -1.60. The van der Waals surface area contributed by atoms with Crippen LogP contribution in [0, 0.1) is 0 Å². The number of hydrogen-bond donors (Lipinski definition) is 2. The molecule has 0 aliphatic rings. The van der Waals surface area contributed by atoms with Crippen LogP contribution < -0.4 is 11.1 Å². The van der Waals surface area contributed by atoms with Gasteiger partial charge in [0.15, 0.2) is 9.84 Å². The topological polar surface area (TPSA) is 98.5 Å². The summed E-state index contributed by atoms with van der Waals surface area (Å²) in [6, 6.07) is 4.39. The van der Waals surface area contributed by atoms with Gasteiger partial charge in [-0.15, -0.1) is 0 Å². The van der Waals surface area contributed by atoms with Crippen LogP contribution in [0.5, 0.6) is 0 Å². The monoisotopic (exact) mass is 258 g/mol. The van der Waals surface area contributed by atoms with E-state index in [0.717, 1.165) is 6.26 Å². The van der Waals surface area contributed by atoms with E-state index in [1.54, 1.807) is 0 Å². The van der Waals surface area contributed by atoms with Crippen molar-refractivity contribution in [2.75, 3.05) is 18.7 Å². The molecule has 1 aromatic carbocycles. The first kappa shape index (κ1) is 13.5. The number of methoxy groups -OCH3 is 1. The summed E-state index contributed by atoms with van der Waals surface area (Å²) in [6.45, 7) is 0.0685. The lowest BCUT2D eigenvalue weighted by Gasteiger charge is -2.09. The number of amides is 1. The van der Waals surface area contributed by atoms with Gasteiger partial charge in [-0.3, -0.25) is 5.32 Å². The first-order valence-corrected chi connectivity index (χ1v) is 6.65. The highest BCUT2D eigenvalue weighted by Crippen LogP contribution is 2.20. The molecule has 0 aliphatic heterocycles. The normalized spacial score (nSPS) is 11.0. The lowest BCUT2D eigenvalue weighted by atomic mass is 10.2. The molecule has 1 aromatic rings. The minimum absolute atomic E-state index is 0.0685. The van der Waals surface area contributed by atoms with Crippen LogP contribution in [0.25, 0.3) is 0 Å². The van der Waals surface area contributed by atoms with Gasteiger partial charge in [-0.25, -0.2) is 13.2 Å². The zero-order chi connectivity index (χ0) is 13.1. The van der Waals surface area contributed by atoms with Gasteiger partial charge in [0.1, 0.15) is 0 Å². The minimum atomic E-state index is -3.32. The highest BCUT2D eigenvalue weighted by atomic mass is 32.2. The third kappa shape index (κ3) is 3.43. The summed E-state index contributed by atoms with van der Waals surface area (Å²) in [5.41, 5.74) is 6.35. The fraction of sp³-hybridized carbons (Fsp3) is 0.300. The number of carbonyl (C=O) groups is 1. The van der Waals surface area contributed by atoms with Crippen molar-refractivity contribution in [2.24, 2.45) is 5.73 Å². The van der Waals surface area contributed by atoms with Crippen molar-refractivity contribution >= 4 is 21.6 Å². The summed E-state index contributed by atoms with van der Waals surface area (Å²) in [6.07, 6.45) is 0.481. The van der Waals surface area contributed by atoms with E-state index in [9.17, 15) is 13.2 Å². The zero-order valence-corrected chi connectivity index (χ0v) is 10.4. The van der Waals surface area contributed by atoms with Gasteiger partial charge in [-0.05, 0) is 23.8 Å². The van der Waals surface area contributed by atoms with Crippen molar-refractivity contribution in [1.29, 1.82) is 0 Å². The average molecular weight is 258 g/mol. The molecule has 0 aromatic heterocycles. The molecule has 0 saturated carbocycles. The molecule has 94 valence electrons. The number of nitrogens with two attached hydrogens (primary N) is 1. The largest absolute Gasteiger partial charge is 0.453 e. The standard InChI is InChI=1S/C10H14N2O4S/c1-16-10(13)12-8-3-4-9(17(2,14)15)7(5-8)6-11/h3-5H,6,11H2,1-2H3,(H,12,13). The number of hydrogen-bond acceptors (Lipinski definition) is 5.